The van der Waals surface area contributed by atoms with Gasteiger partial charge in [-0.2, -0.15) is 0 Å². The van der Waals surface area contributed by atoms with E-state index in [-0.39, 0.29) is 10.8 Å². The van der Waals surface area contributed by atoms with E-state index in [9.17, 15) is 13.2 Å². The molecule has 0 heterocycles. The van der Waals surface area contributed by atoms with Gasteiger partial charge >= 0.3 is 0 Å². The fraction of sp³-hybridized carbons (Fsp3) is 0.133. The molecule has 0 aliphatic heterocycles. The van der Waals surface area contributed by atoms with Crippen LogP contribution in [0.25, 0.3) is 0 Å². The average molecular weight is 320 g/mol. The summed E-state index contributed by atoms with van der Waals surface area (Å²) in [5, 5.41) is 7.68. The number of ether oxygens (including phenoxy) is 1. The third-order valence-electron chi connectivity index (χ3n) is 2.85. The topological polar surface area (TPSA) is 98.5 Å². The number of benzene rings is 2. The molecule has 0 aromatic heterocycles. The number of nitrogens with two attached hydrogens (primary N) is 1. The molecule has 0 saturated heterocycles. The number of carbonyl (C=O) groups excluding carboxylic acids is 1. The quantitative estimate of drug-likeness (QED) is 0.880. The van der Waals surface area contributed by atoms with Crippen LogP contribution in [0.5, 0.6) is 5.75 Å². The Morgan fingerprint density at radius 1 is 1.18 bits per heavy atom. The normalized spacial score (nSPS) is 11.0. The highest BCUT2D eigenvalue weighted by molar-refractivity contribution is 7.89. The predicted molar refractivity (Wildman–Crippen MR) is 83.4 cm³/mol. The summed E-state index contributed by atoms with van der Waals surface area (Å²) in [7, 11) is -3.81. The summed E-state index contributed by atoms with van der Waals surface area (Å²) in [6.07, 6.45) is 0. The van der Waals surface area contributed by atoms with Crippen molar-refractivity contribution in [2.45, 2.75) is 11.8 Å². The van der Waals surface area contributed by atoms with Gasteiger partial charge in [-0.25, -0.2) is 13.6 Å². The molecule has 0 spiro atoms. The lowest BCUT2D eigenvalue weighted by Crippen LogP contribution is -2.14. The molecule has 0 atom stereocenters. The molecular weight excluding hydrogens is 304 g/mol. The first-order valence-corrected chi connectivity index (χ1v) is 8.12. The van der Waals surface area contributed by atoms with Crippen LogP contribution in [-0.2, 0) is 10.0 Å². The summed E-state index contributed by atoms with van der Waals surface area (Å²) in [4.78, 5) is 12.1. The van der Waals surface area contributed by atoms with Gasteiger partial charge in [0.2, 0.25) is 10.0 Å². The van der Waals surface area contributed by atoms with E-state index >= 15 is 0 Å². The SMILES string of the molecule is CCOc1ccc(C(=O)Nc2cccc(S(N)(=O)=O)c2)cc1. The predicted octanol–water partition coefficient (Wildman–Crippen LogP) is 1.99. The maximum absolute atomic E-state index is 12.1. The van der Waals surface area contributed by atoms with Crippen molar-refractivity contribution < 1.29 is 17.9 Å². The summed E-state index contributed by atoms with van der Waals surface area (Å²) >= 11 is 0. The lowest BCUT2D eigenvalue weighted by Gasteiger charge is -2.08. The molecule has 2 aromatic rings. The third-order valence-corrected chi connectivity index (χ3v) is 3.76. The van der Waals surface area contributed by atoms with Gasteiger partial charge in [0.25, 0.3) is 5.91 Å². The Balaban J connectivity index is 2.15. The first kappa shape index (κ1) is 16.0. The van der Waals surface area contributed by atoms with E-state index in [0.717, 1.165) is 0 Å². The molecule has 2 rings (SSSR count). The summed E-state index contributed by atoms with van der Waals surface area (Å²) < 4.78 is 27.9. The average Bonchev–Trinajstić information content (AvgIpc) is 2.48. The van der Waals surface area contributed by atoms with Crippen molar-refractivity contribution >= 4 is 21.6 Å². The molecule has 7 heteroatoms. The van der Waals surface area contributed by atoms with E-state index in [2.05, 4.69) is 5.32 Å². The number of primary sulfonamides is 1. The van der Waals surface area contributed by atoms with Crippen LogP contribution in [0.3, 0.4) is 0 Å². The van der Waals surface area contributed by atoms with E-state index < -0.39 is 10.0 Å². The zero-order valence-corrected chi connectivity index (χ0v) is 12.8. The molecule has 6 nitrogen and oxygen atoms in total. The van der Waals surface area contributed by atoms with Gasteiger partial charge in [-0.3, -0.25) is 4.79 Å². The minimum absolute atomic E-state index is 0.0583. The summed E-state index contributed by atoms with van der Waals surface area (Å²) in [6.45, 7) is 2.42. The maximum atomic E-state index is 12.1. The molecule has 22 heavy (non-hydrogen) atoms. The van der Waals surface area contributed by atoms with Gasteiger partial charge in [0.15, 0.2) is 0 Å². The van der Waals surface area contributed by atoms with E-state index in [1.165, 1.54) is 18.2 Å². The number of nitrogens with one attached hydrogen (secondary N) is 1. The largest absolute Gasteiger partial charge is 0.494 e. The van der Waals surface area contributed by atoms with Gasteiger partial charge in [-0.05, 0) is 49.4 Å². The second-order valence-corrected chi connectivity index (χ2v) is 6.05. The zero-order valence-electron chi connectivity index (χ0n) is 11.9. The fourth-order valence-corrected chi connectivity index (χ4v) is 2.38. The lowest BCUT2D eigenvalue weighted by atomic mass is 10.2. The summed E-state index contributed by atoms with van der Waals surface area (Å²) in [5.74, 6) is 0.324. The molecule has 0 fully saturated rings. The van der Waals surface area contributed by atoms with Gasteiger partial charge in [0, 0.05) is 11.3 Å². The Morgan fingerprint density at radius 2 is 1.86 bits per heavy atom. The minimum Gasteiger partial charge on any atom is -0.494 e. The molecule has 1 amide bonds. The number of anilines is 1. The Morgan fingerprint density at radius 3 is 2.45 bits per heavy atom. The van der Waals surface area contributed by atoms with Gasteiger partial charge in [-0.15, -0.1) is 0 Å². The Hall–Kier alpha value is -2.38. The van der Waals surface area contributed by atoms with Crippen LogP contribution in [0, 0.1) is 0 Å². The highest BCUT2D eigenvalue weighted by Gasteiger charge is 2.10. The smallest absolute Gasteiger partial charge is 0.255 e. The maximum Gasteiger partial charge on any atom is 0.255 e. The molecule has 2 aromatic carbocycles. The molecule has 0 radical (unpaired) electrons. The van der Waals surface area contributed by atoms with Gasteiger partial charge in [-0.1, -0.05) is 6.07 Å². The highest BCUT2D eigenvalue weighted by atomic mass is 32.2. The number of carbonyl (C=O) groups is 1. The standard InChI is InChI=1S/C15H16N2O4S/c1-2-21-13-8-6-11(7-9-13)15(18)17-12-4-3-5-14(10-12)22(16,19)20/h3-10H,2H2,1H3,(H,17,18)(H2,16,19,20). The molecule has 0 aliphatic rings. The Bertz CT molecular complexity index is 770. The number of amides is 1. The van der Waals surface area contributed by atoms with E-state index in [4.69, 9.17) is 9.88 Å². The second-order valence-electron chi connectivity index (χ2n) is 4.48. The van der Waals surface area contributed by atoms with Crippen LogP contribution in [-0.4, -0.2) is 20.9 Å². The number of hydrogen-bond donors (Lipinski definition) is 2. The summed E-state index contributed by atoms with van der Waals surface area (Å²) in [5.41, 5.74) is 0.787. The molecule has 3 N–H and O–H groups in total. The molecule has 116 valence electrons. The first-order chi connectivity index (χ1) is 10.4. The van der Waals surface area contributed by atoms with Crippen molar-refractivity contribution in [2.75, 3.05) is 11.9 Å². The van der Waals surface area contributed by atoms with Gasteiger partial charge in [0.05, 0.1) is 11.5 Å². The minimum atomic E-state index is -3.81. The first-order valence-electron chi connectivity index (χ1n) is 6.57. The number of sulfonamides is 1. The van der Waals surface area contributed by atoms with Crippen molar-refractivity contribution in [3.63, 3.8) is 0 Å². The van der Waals surface area contributed by atoms with E-state index in [1.54, 1.807) is 30.3 Å². The van der Waals surface area contributed by atoms with Gasteiger partial charge < -0.3 is 10.1 Å². The monoisotopic (exact) mass is 320 g/mol. The van der Waals surface area contributed by atoms with Crippen molar-refractivity contribution in [1.29, 1.82) is 0 Å². The van der Waals surface area contributed by atoms with Crippen LogP contribution >= 0.6 is 0 Å². The Kier molecular flexibility index (Phi) is 4.79. The Labute approximate surface area is 129 Å². The summed E-state index contributed by atoms with van der Waals surface area (Å²) in [6, 6.07) is 12.4. The number of hydrogen-bond acceptors (Lipinski definition) is 4. The second kappa shape index (κ2) is 6.59. The third kappa shape index (κ3) is 4.06. The zero-order chi connectivity index (χ0) is 16.2. The van der Waals surface area contributed by atoms with Crippen LogP contribution < -0.4 is 15.2 Å². The molecule has 0 bridgehead atoms. The molecule has 0 aliphatic carbocycles. The van der Waals surface area contributed by atoms with E-state index in [1.807, 2.05) is 6.92 Å². The van der Waals surface area contributed by atoms with Crippen molar-refractivity contribution in [1.82, 2.24) is 0 Å². The van der Waals surface area contributed by atoms with Gasteiger partial charge in [0.1, 0.15) is 5.75 Å². The van der Waals surface area contributed by atoms with E-state index in [0.29, 0.717) is 23.6 Å². The van der Waals surface area contributed by atoms with Crippen molar-refractivity contribution in [3.8, 4) is 5.75 Å². The molecular formula is C15H16N2O4S. The van der Waals surface area contributed by atoms with Crippen LogP contribution in [0.1, 0.15) is 17.3 Å². The highest BCUT2D eigenvalue weighted by Crippen LogP contribution is 2.17. The van der Waals surface area contributed by atoms with Crippen LogP contribution in [0.4, 0.5) is 5.69 Å². The molecule has 0 unspecified atom stereocenters. The van der Waals surface area contributed by atoms with Crippen molar-refractivity contribution in [3.05, 3.63) is 54.1 Å². The molecule has 0 saturated carbocycles. The number of rotatable bonds is 5. The lowest BCUT2D eigenvalue weighted by molar-refractivity contribution is 0.102. The fourth-order valence-electron chi connectivity index (χ4n) is 1.82. The van der Waals surface area contributed by atoms with Crippen LogP contribution in [0.2, 0.25) is 0 Å². The van der Waals surface area contributed by atoms with Crippen LogP contribution in [0.15, 0.2) is 53.4 Å². The van der Waals surface area contributed by atoms with Crippen molar-refractivity contribution in [2.24, 2.45) is 5.14 Å².